The average Bonchev–Trinajstić information content (AvgIpc) is 3.14. The summed E-state index contributed by atoms with van der Waals surface area (Å²) in [7, 11) is 3.12. The number of rotatable bonds is 7. The van der Waals surface area contributed by atoms with E-state index in [4.69, 9.17) is 25.5 Å². The lowest BCUT2D eigenvalue weighted by molar-refractivity contribution is 0.102. The molecule has 0 aliphatic carbocycles. The molecular weight excluding hydrogens is 376 g/mol. The topological polar surface area (TPSA) is 74.5 Å². The average molecular weight is 391 g/mol. The quantitative estimate of drug-likeness (QED) is 0.437. The smallest absolute Gasteiger partial charge is 0.277 e. The van der Waals surface area contributed by atoms with Crippen molar-refractivity contribution in [2.75, 3.05) is 20.0 Å². The highest BCUT2D eigenvalue weighted by atomic mass is 35.5. The number of hydrogen-bond donors (Lipinski definition) is 0. The van der Waals surface area contributed by atoms with Gasteiger partial charge in [-0.15, -0.1) is 10.2 Å². The van der Waals surface area contributed by atoms with Crippen molar-refractivity contribution in [2.45, 2.75) is 5.22 Å². The van der Waals surface area contributed by atoms with Crippen molar-refractivity contribution < 1.29 is 18.7 Å². The highest BCUT2D eigenvalue weighted by Crippen LogP contribution is 2.33. The Bertz CT molecular complexity index is 929. The van der Waals surface area contributed by atoms with Gasteiger partial charge in [0, 0.05) is 11.6 Å². The molecule has 0 radical (unpaired) electrons. The molecule has 0 fully saturated rings. The molecule has 134 valence electrons. The van der Waals surface area contributed by atoms with E-state index in [9.17, 15) is 4.79 Å². The Kier molecular flexibility index (Phi) is 5.80. The minimum atomic E-state index is -0.109. The molecule has 0 atom stereocenters. The van der Waals surface area contributed by atoms with E-state index in [0.717, 1.165) is 11.8 Å². The lowest BCUT2D eigenvalue weighted by Gasteiger charge is -2.07. The summed E-state index contributed by atoms with van der Waals surface area (Å²) in [4.78, 5) is 12.3. The SMILES string of the molecule is COc1ccc(-c2nnc(SCC(=O)c3ccccc3Cl)o2)c(OC)c1. The molecular formula is C18H15ClN2O4S. The molecule has 1 aromatic heterocycles. The molecule has 0 aliphatic heterocycles. The molecule has 3 aromatic rings. The van der Waals surface area contributed by atoms with Crippen molar-refractivity contribution in [2.24, 2.45) is 0 Å². The van der Waals surface area contributed by atoms with Gasteiger partial charge in [-0.25, -0.2) is 0 Å². The summed E-state index contributed by atoms with van der Waals surface area (Å²) in [5, 5.41) is 8.71. The molecule has 3 rings (SSSR count). The van der Waals surface area contributed by atoms with Crippen LogP contribution in [-0.4, -0.2) is 36.0 Å². The third-order valence-electron chi connectivity index (χ3n) is 3.55. The van der Waals surface area contributed by atoms with Crippen molar-refractivity contribution in [1.29, 1.82) is 0 Å². The second-order valence-electron chi connectivity index (χ2n) is 5.13. The molecule has 1 heterocycles. The summed E-state index contributed by atoms with van der Waals surface area (Å²) in [5.74, 6) is 1.55. The van der Waals surface area contributed by atoms with Crippen LogP contribution in [0.2, 0.25) is 5.02 Å². The molecule has 0 saturated heterocycles. The zero-order chi connectivity index (χ0) is 18.5. The summed E-state index contributed by atoms with van der Waals surface area (Å²) in [6.45, 7) is 0. The molecule has 6 nitrogen and oxygen atoms in total. The van der Waals surface area contributed by atoms with Crippen molar-refractivity contribution in [3.8, 4) is 23.0 Å². The first-order valence-corrected chi connectivity index (χ1v) is 8.95. The first kappa shape index (κ1) is 18.3. The van der Waals surface area contributed by atoms with Gasteiger partial charge in [-0.3, -0.25) is 4.79 Å². The third-order valence-corrected chi connectivity index (χ3v) is 4.69. The van der Waals surface area contributed by atoms with E-state index in [0.29, 0.717) is 38.8 Å². The Hall–Kier alpha value is -2.51. The van der Waals surface area contributed by atoms with Crippen LogP contribution in [-0.2, 0) is 0 Å². The summed E-state index contributed by atoms with van der Waals surface area (Å²) < 4.78 is 16.1. The number of nitrogens with zero attached hydrogens (tertiary/aromatic N) is 2. The molecule has 0 spiro atoms. The van der Waals surface area contributed by atoms with Crippen molar-refractivity contribution >= 4 is 29.1 Å². The van der Waals surface area contributed by atoms with Crippen LogP contribution in [0.15, 0.2) is 52.1 Å². The van der Waals surface area contributed by atoms with Crippen molar-refractivity contribution in [3.63, 3.8) is 0 Å². The van der Waals surface area contributed by atoms with E-state index >= 15 is 0 Å². The van der Waals surface area contributed by atoms with Gasteiger partial charge in [0.1, 0.15) is 11.5 Å². The maximum Gasteiger partial charge on any atom is 0.277 e. The molecule has 0 amide bonds. The number of ketones is 1. The maximum absolute atomic E-state index is 12.3. The highest BCUT2D eigenvalue weighted by molar-refractivity contribution is 7.99. The summed E-state index contributed by atoms with van der Waals surface area (Å²) >= 11 is 7.19. The van der Waals surface area contributed by atoms with Crippen molar-refractivity contribution in [1.82, 2.24) is 10.2 Å². The van der Waals surface area contributed by atoms with Gasteiger partial charge >= 0.3 is 0 Å². The Morgan fingerprint density at radius 2 is 1.96 bits per heavy atom. The Morgan fingerprint density at radius 3 is 2.69 bits per heavy atom. The molecule has 26 heavy (non-hydrogen) atoms. The van der Waals surface area contributed by atoms with Crippen LogP contribution in [0.1, 0.15) is 10.4 Å². The summed E-state index contributed by atoms with van der Waals surface area (Å²) in [6.07, 6.45) is 0. The fourth-order valence-corrected chi connectivity index (χ4v) is 3.13. The third kappa shape index (κ3) is 4.00. The second-order valence-corrected chi connectivity index (χ2v) is 6.46. The first-order valence-electron chi connectivity index (χ1n) is 7.59. The van der Waals surface area contributed by atoms with Crippen molar-refractivity contribution in [3.05, 3.63) is 53.1 Å². The van der Waals surface area contributed by atoms with Crippen LogP contribution in [0.4, 0.5) is 0 Å². The zero-order valence-electron chi connectivity index (χ0n) is 14.1. The summed E-state index contributed by atoms with van der Waals surface area (Å²) in [5.41, 5.74) is 1.11. The number of thioether (sulfide) groups is 1. The first-order chi connectivity index (χ1) is 12.6. The number of Topliss-reactive ketones (excluding diaryl/α,β-unsaturated/α-hetero) is 1. The van der Waals surface area contributed by atoms with Crippen LogP contribution in [0.25, 0.3) is 11.5 Å². The zero-order valence-corrected chi connectivity index (χ0v) is 15.6. The van der Waals surface area contributed by atoms with Crippen LogP contribution < -0.4 is 9.47 Å². The predicted octanol–water partition coefficient (Wildman–Crippen LogP) is 4.38. The highest BCUT2D eigenvalue weighted by Gasteiger charge is 2.17. The van der Waals surface area contributed by atoms with E-state index in [1.54, 1.807) is 56.7 Å². The monoisotopic (exact) mass is 390 g/mol. The molecule has 0 unspecified atom stereocenters. The van der Waals surface area contributed by atoms with E-state index in [1.807, 2.05) is 0 Å². The number of benzene rings is 2. The molecule has 8 heteroatoms. The Morgan fingerprint density at radius 1 is 1.15 bits per heavy atom. The van der Waals surface area contributed by atoms with Gasteiger partial charge < -0.3 is 13.9 Å². The molecule has 0 N–H and O–H groups in total. The second kappa shape index (κ2) is 8.25. The van der Waals surface area contributed by atoms with Gasteiger partial charge in [0.05, 0.1) is 30.6 Å². The number of aromatic nitrogens is 2. The number of carbonyl (C=O) groups excluding carboxylic acids is 1. The molecule has 2 aromatic carbocycles. The Labute approximate surface area is 159 Å². The van der Waals surface area contributed by atoms with Gasteiger partial charge in [0.25, 0.3) is 11.1 Å². The fourth-order valence-electron chi connectivity index (χ4n) is 2.24. The lowest BCUT2D eigenvalue weighted by Crippen LogP contribution is -2.02. The maximum atomic E-state index is 12.3. The van der Waals surface area contributed by atoms with Gasteiger partial charge in [0.15, 0.2) is 5.78 Å². The van der Waals surface area contributed by atoms with Crippen LogP contribution >= 0.6 is 23.4 Å². The lowest BCUT2D eigenvalue weighted by atomic mass is 10.1. The number of halogens is 1. The fraction of sp³-hybridized carbons (Fsp3) is 0.167. The van der Waals surface area contributed by atoms with Gasteiger partial charge in [-0.05, 0) is 24.3 Å². The summed E-state index contributed by atoms with van der Waals surface area (Å²) in [6, 6.07) is 12.2. The van der Waals surface area contributed by atoms with Gasteiger partial charge in [-0.1, -0.05) is 35.5 Å². The minimum absolute atomic E-state index is 0.109. The Balaban J connectivity index is 1.73. The van der Waals surface area contributed by atoms with Crippen LogP contribution in [0.5, 0.6) is 11.5 Å². The van der Waals surface area contributed by atoms with Gasteiger partial charge in [-0.2, -0.15) is 0 Å². The van der Waals surface area contributed by atoms with Gasteiger partial charge in [0.2, 0.25) is 0 Å². The number of carbonyl (C=O) groups is 1. The normalized spacial score (nSPS) is 10.6. The largest absolute Gasteiger partial charge is 0.497 e. The number of methoxy groups -OCH3 is 2. The minimum Gasteiger partial charge on any atom is -0.497 e. The molecule has 0 bridgehead atoms. The number of ether oxygens (including phenoxy) is 2. The van der Waals surface area contributed by atoms with E-state index < -0.39 is 0 Å². The standard InChI is InChI=1S/C18H15ClN2O4S/c1-23-11-7-8-13(16(9-11)24-2)17-20-21-18(25-17)26-10-15(22)12-5-3-4-6-14(12)19/h3-9H,10H2,1-2H3. The molecule has 0 saturated carbocycles. The van der Waals surface area contributed by atoms with E-state index in [-0.39, 0.29) is 11.5 Å². The van der Waals surface area contributed by atoms with E-state index in [1.165, 1.54) is 0 Å². The van der Waals surface area contributed by atoms with Crippen LogP contribution in [0.3, 0.4) is 0 Å². The van der Waals surface area contributed by atoms with Crippen LogP contribution in [0, 0.1) is 0 Å². The molecule has 0 aliphatic rings. The number of hydrogen-bond acceptors (Lipinski definition) is 7. The van der Waals surface area contributed by atoms with E-state index in [2.05, 4.69) is 10.2 Å². The predicted molar refractivity (Wildman–Crippen MR) is 99.3 cm³/mol.